The second-order valence-corrected chi connectivity index (χ2v) is 5.33. The van der Waals surface area contributed by atoms with Crippen molar-refractivity contribution < 1.29 is 19.1 Å². The third-order valence-electron chi connectivity index (χ3n) is 2.70. The molecule has 1 aromatic heterocycles. The zero-order chi connectivity index (χ0) is 14.5. The second-order valence-electron chi connectivity index (χ2n) is 4.25. The van der Waals surface area contributed by atoms with Crippen LogP contribution in [0.15, 0.2) is 33.8 Å². The molecule has 0 unspecified atom stereocenters. The van der Waals surface area contributed by atoms with Crippen LogP contribution in [0.4, 0.5) is 5.69 Å². The smallest absolute Gasteiger partial charge is 0.290 e. The van der Waals surface area contributed by atoms with E-state index >= 15 is 0 Å². The summed E-state index contributed by atoms with van der Waals surface area (Å²) in [6, 6.07) is 7.59. The molecule has 0 spiro atoms. The lowest BCUT2D eigenvalue weighted by Gasteiger charge is -2.07. The van der Waals surface area contributed by atoms with Crippen molar-refractivity contribution in [3.8, 4) is 5.95 Å². The fourth-order valence-corrected chi connectivity index (χ4v) is 2.48. The Morgan fingerprint density at radius 1 is 1.50 bits per heavy atom. The number of rotatable bonds is 5. The Kier molecular flexibility index (Phi) is 4.62. The van der Waals surface area contributed by atoms with Crippen molar-refractivity contribution in [3.05, 3.63) is 29.8 Å². The van der Waals surface area contributed by atoms with E-state index in [9.17, 15) is 9.90 Å². The summed E-state index contributed by atoms with van der Waals surface area (Å²) in [6.45, 7) is 1.94. The third-order valence-corrected chi connectivity index (χ3v) is 3.81. The molecular weight excluding hydrogens is 278 g/mol. The summed E-state index contributed by atoms with van der Waals surface area (Å²) in [7, 11) is 1.63. The van der Waals surface area contributed by atoms with Gasteiger partial charge in [0, 0.05) is 17.9 Å². The van der Waals surface area contributed by atoms with Gasteiger partial charge in [-0.05, 0) is 18.6 Å². The number of thioether (sulfide) groups is 1. The van der Waals surface area contributed by atoms with E-state index in [1.807, 2.05) is 31.2 Å². The van der Waals surface area contributed by atoms with Crippen molar-refractivity contribution in [1.82, 2.24) is 5.27 Å². The Morgan fingerprint density at radius 3 is 2.90 bits per heavy atom. The van der Waals surface area contributed by atoms with Crippen LogP contribution in [0.1, 0.15) is 12.0 Å². The molecule has 1 aromatic carbocycles. The van der Waals surface area contributed by atoms with E-state index < -0.39 is 5.95 Å². The molecule has 1 heterocycles. The van der Waals surface area contributed by atoms with Gasteiger partial charge in [-0.25, -0.2) is 0 Å². The summed E-state index contributed by atoms with van der Waals surface area (Å²) >= 11 is 1.26. The van der Waals surface area contributed by atoms with E-state index in [0.29, 0.717) is 17.2 Å². The molecule has 7 heteroatoms. The van der Waals surface area contributed by atoms with Gasteiger partial charge in [0.05, 0.1) is 5.27 Å². The number of anilines is 1. The zero-order valence-corrected chi connectivity index (χ0v) is 12.1. The van der Waals surface area contributed by atoms with Crippen LogP contribution in [0.3, 0.4) is 0 Å². The first-order valence-electron chi connectivity index (χ1n) is 6.09. The van der Waals surface area contributed by atoms with Crippen LogP contribution in [0.2, 0.25) is 0 Å². The lowest BCUT2D eigenvalue weighted by Crippen LogP contribution is -2.32. The second kappa shape index (κ2) is 6.42. The van der Waals surface area contributed by atoms with E-state index in [-0.39, 0.29) is 5.91 Å². The molecule has 1 N–H and O–H groups in total. The van der Waals surface area contributed by atoms with Gasteiger partial charge in [0.25, 0.3) is 5.03 Å². The van der Waals surface area contributed by atoms with Crippen molar-refractivity contribution in [2.24, 2.45) is 7.05 Å². The summed E-state index contributed by atoms with van der Waals surface area (Å²) in [4.78, 5) is 11.8. The van der Waals surface area contributed by atoms with Gasteiger partial charge in [-0.15, -0.1) is 0 Å². The van der Waals surface area contributed by atoms with Crippen LogP contribution < -0.4 is 15.1 Å². The van der Waals surface area contributed by atoms with Gasteiger partial charge in [-0.3, -0.25) is 4.79 Å². The van der Waals surface area contributed by atoms with Crippen LogP contribution in [-0.2, 0) is 11.8 Å². The highest BCUT2D eigenvalue weighted by Gasteiger charge is 2.14. The molecular formula is C13H15N3O3S. The number of aryl methyl sites for hydroxylation is 2. The predicted molar refractivity (Wildman–Crippen MR) is 72.3 cm³/mol. The molecule has 106 valence electrons. The van der Waals surface area contributed by atoms with Gasteiger partial charge in [-0.1, -0.05) is 34.6 Å². The minimum Gasteiger partial charge on any atom is -0.538 e. The van der Waals surface area contributed by atoms with Gasteiger partial charge in [0.2, 0.25) is 5.91 Å². The molecule has 0 atom stereocenters. The predicted octanol–water partition coefficient (Wildman–Crippen LogP) is 1.00. The maximum atomic E-state index is 11.8. The molecule has 0 aliphatic rings. The highest BCUT2D eigenvalue weighted by molar-refractivity contribution is 7.99. The molecule has 0 saturated heterocycles. The average Bonchev–Trinajstić information content (AvgIpc) is 2.73. The van der Waals surface area contributed by atoms with E-state index in [1.54, 1.807) is 7.05 Å². The van der Waals surface area contributed by atoms with E-state index in [2.05, 4.69) is 15.1 Å². The maximum absolute atomic E-state index is 11.8. The quantitative estimate of drug-likeness (QED) is 0.657. The minimum atomic E-state index is -0.475. The van der Waals surface area contributed by atoms with Gasteiger partial charge in [0.15, 0.2) is 13.0 Å². The molecule has 0 aliphatic carbocycles. The fraction of sp³-hybridized carbons (Fsp3) is 0.308. The number of para-hydroxylation sites is 1. The van der Waals surface area contributed by atoms with E-state index in [1.165, 1.54) is 16.4 Å². The Morgan fingerprint density at radius 2 is 2.25 bits per heavy atom. The number of hydrogen-bond acceptors (Lipinski definition) is 5. The fourth-order valence-electron chi connectivity index (χ4n) is 1.63. The molecule has 6 nitrogen and oxygen atoms in total. The maximum Gasteiger partial charge on any atom is 0.290 e. The SMILES string of the molecule is Cc1ccccc1NC(=O)CCSc1c([O-])on[n+]1C. The van der Waals surface area contributed by atoms with Crippen molar-refractivity contribution in [2.45, 2.75) is 18.4 Å². The number of aromatic nitrogens is 2. The van der Waals surface area contributed by atoms with Gasteiger partial charge in [0.1, 0.15) is 0 Å². The third kappa shape index (κ3) is 3.51. The number of carbonyl (C=O) groups excluding carboxylic acids is 1. The summed E-state index contributed by atoms with van der Waals surface area (Å²) < 4.78 is 5.87. The molecule has 1 amide bonds. The molecule has 20 heavy (non-hydrogen) atoms. The first-order chi connectivity index (χ1) is 9.58. The molecule has 0 saturated carbocycles. The van der Waals surface area contributed by atoms with E-state index in [4.69, 9.17) is 0 Å². The Bertz CT molecular complexity index is 593. The standard InChI is InChI=1S/C13H15N3O3S/c1-9-5-3-4-6-10(9)14-11(17)7-8-20-12-13(18)19-15-16(12)2/h3-6H,7-8H2,1-2H3,(H-,14,15,17,18). The lowest BCUT2D eigenvalue weighted by molar-refractivity contribution is -0.772. The van der Waals surface area contributed by atoms with Crippen molar-refractivity contribution in [3.63, 3.8) is 0 Å². The Hall–Kier alpha value is -2.02. The van der Waals surface area contributed by atoms with Crippen molar-refractivity contribution in [1.29, 1.82) is 0 Å². The topological polar surface area (TPSA) is 82.1 Å². The van der Waals surface area contributed by atoms with Gasteiger partial charge >= 0.3 is 0 Å². The first-order valence-corrected chi connectivity index (χ1v) is 7.08. The van der Waals surface area contributed by atoms with Crippen LogP contribution in [0.5, 0.6) is 5.95 Å². The van der Waals surface area contributed by atoms with Gasteiger partial charge < -0.3 is 14.9 Å². The average molecular weight is 293 g/mol. The summed E-state index contributed by atoms with van der Waals surface area (Å²) in [6.07, 6.45) is 0.309. The Labute approximate surface area is 120 Å². The number of hydrogen-bond donors (Lipinski definition) is 1. The first kappa shape index (κ1) is 14.4. The van der Waals surface area contributed by atoms with Crippen LogP contribution in [0, 0.1) is 6.92 Å². The van der Waals surface area contributed by atoms with Crippen LogP contribution in [-0.4, -0.2) is 16.9 Å². The Balaban J connectivity index is 1.83. The summed E-state index contributed by atoms with van der Waals surface area (Å²) in [5.41, 5.74) is 1.82. The number of benzene rings is 1. The zero-order valence-electron chi connectivity index (χ0n) is 11.3. The number of nitrogens with one attached hydrogen (secondary N) is 1. The highest BCUT2D eigenvalue weighted by Crippen LogP contribution is 2.22. The number of carbonyl (C=O) groups is 1. The lowest BCUT2D eigenvalue weighted by atomic mass is 10.2. The van der Waals surface area contributed by atoms with Crippen molar-refractivity contribution in [2.75, 3.05) is 11.1 Å². The monoisotopic (exact) mass is 293 g/mol. The molecule has 0 aliphatic heterocycles. The van der Waals surface area contributed by atoms with E-state index in [0.717, 1.165) is 11.3 Å². The molecule has 2 rings (SSSR count). The van der Waals surface area contributed by atoms with Crippen molar-refractivity contribution >= 4 is 23.4 Å². The number of amides is 1. The summed E-state index contributed by atoms with van der Waals surface area (Å²) in [5.74, 6) is -0.0719. The summed E-state index contributed by atoms with van der Waals surface area (Å²) in [5, 5.41) is 18.0. The molecule has 0 radical (unpaired) electrons. The van der Waals surface area contributed by atoms with Crippen LogP contribution in [0.25, 0.3) is 0 Å². The molecule has 0 fully saturated rings. The number of nitrogens with zero attached hydrogens (tertiary/aromatic N) is 2. The largest absolute Gasteiger partial charge is 0.538 e. The highest BCUT2D eigenvalue weighted by atomic mass is 32.2. The van der Waals surface area contributed by atoms with Gasteiger partial charge in [-0.2, -0.15) is 0 Å². The molecule has 2 aromatic rings. The normalized spacial score (nSPS) is 10.5. The minimum absolute atomic E-state index is 0.0849. The molecule has 0 bridgehead atoms. The van der Waals surface area contributed by atoms with Crippen LogP contribution >= 0.6 is 11.8 Å².